The molecule has 2 fully saturated rings. The predicted molar refractivity (Wildman–Crippen MR) is 87.4 cm³/mol. The van der Waals surface area contributed by atoms with Gasteiger partial charge in [-0.15, -0.1) is 0 Å². The Hall–Kier alpha value is -0.530. The van der Waals surface area contributed by atoms with Gasteiger partial charge in [0.25, 0.3) is 0 Å². The van der Waals surface area contributed by atoms with Crippen LogP contribution in [-0.2, 0) is 4.79 Å². The minimum Gasteiger partial charge on any atom is -0.481 e. The molecule has 0 unspecified atom stereocenters. The molecule has 122 valence electrons. The number of aliphatic carboxylic acids is 1. The molecule has 21 heavy (non-hydrogen) atoms. The zero-order valence-corrected chi connectivity index (χ0v) is 14.1. The van der Waals surface area contributed by atoms with Crippen LogP contribution in [-0.4, -0.2) is 11.1 Å². The number of hydrogen-bond donors (Lipinski definition) is 1. The van der Waals surface area contributed by atoms with Crippen LogP contribution in [0.25, 0.3) is 0 Å². The highest BCUT2D eigenvalue weighted by Crippen LogP contribution is 2.57. The minimum absolute atomic E-state index is 0.0422. The molecule has 0 amide bonds. The fourth-order valence-corrected chi connectivity index (χ4v) is 5.00. The molecular formula is C19H34O2. The molecule has 0 saturated heterocycles. The van der Waals surface area contributed by atoms with E-state index in [1.165, 1.54) is 44.9 Å². The molecular weight excluding hydrogens is 260 g/mol. The van der Waals surface area contributed by atoms with Gasteiger partial charge < -0.3 is 5.11 Å². The van der Waals surface area contributed by atoms with Crippen molar-refractivity contribution in [3.05, 3.63) is 0 Å². The molecule has 2 aliphatic rings. The topological polar surface area (TPSA) is 37.3 Å². The van der Waals surface area contributed by atoms with Crippen molar-refractivity contribution < 1.29 is 9.90 Å². The third kappa shape index (κ3) is 3.46. The first-order valence-electron chi connectivity index (χ1n) is 9.27. The monoisotopic (exact) mass is 294 g/mol. The number of unbranched alkanes of at least 4 members (excludes halogenated alkanes) is 2. The first-order valence-corrected chi connectivity index (χ1v) is 9.27. The lowest BCUT2D eigenvalue weighted by molar-refractivity contribution is -0.165. The highest BCUT2D eigenvalue weighted by Gasteiger charge is 2.54. The molecule has 0 atom stereocenters. The second-order valence-electron chi connectivity index (χ2n) is 7.95. The molecule has 0 aromatic heterocycles. The van der Waals surface area contributed by atoms with Crippen molar-refractivity contribution >= 4 is 5.97 Å². The zero-order chi connectivity index (χ0) is 15.3. The Morgan fingerprint density at radius 2 is 1.67 bits per heavy atom. The van der Waals surface area contributed by atoms with Gasteiger partial charge in [0.15, 0.2) is 0 Å². The highest BCUT2D eigenvalue weighted by atomic mass is 16.4. The summed E-state index contributed by atoms with van der Waals surface area (Å²) in [6.45, 7) is 4.55. The van der Waals surface area contributed by atoms with Crippen LogP contribution >= 0.6 is 0 Å². The van der Waals surface area contributed by atoms with E-state index in [1.807, 2.05) is 0 Å². The molecule has 0 bridgehead atoms. The Bertz CT molecular complexity index is 333. The molecule has 2 heteroatoms. The lowest BCUT2D eigenvalue weighted by Crippen LogP contribution is -2.49. The summed E-state index contributed by atoms with van der Waals surface area (Å²) >= 11 is 0. The largest absolute Gasteiger partial charge is 0.481 e. The normalized spacial score (nSPS) is 32.8. The van der Waals surface area contributed by atoms with Crippen molar-refractivity contribution in [3.63, 3.8) is 0 Å². The van der Waals surface area contributed by atoms with Gasteiger partial charge in [0.05, 0.1) is 5.41 Å². The van der Waals surface area contributed by atoms with Gasteiger partial charge in [-0.2, -0.15) is 0 Å². The maximum Gasteiger partial charge on any atom is 0.310 e. The molecule has 0 aromatic carbocycles. The minimum atomic E-state index is -0.505. The molecule has 0 radical (unpaired) electrons. The molecule has 1 N–H and O–H groups in total. The lowest BCUT2D eigenvalue weighted by Gasteiger charge is -2.51. The van der Waals surface area contributed by atoms with Crippen LogP contribution in [0.4, 0.5) is 0 Å². The van der Waals surface area contributed by atoms with E-state index >= 15 is 0 Å². The average Bonchev–Trinajstić information content (AvgIpc) is 2.50. The van der Waals surface area contributed by atoms with E-state index in [2.05, 4.69) is 13.8 Å². The summed E-state index contributed by atoms with van der Waals surface area (Å²) in [6.07, 6.45) is 15.5. The second-order valence-corrected chi connectivity index (χ2v) is 7.95. The summed E-state index contributed by atoms with van der Waals surface area (Å²) in [5.74, 6) is 0.355. The average molecular weight is 294 g/mol. The molecule has 0 spiro atoms. The quantitative estimate of drug-likeness (QED) is 0.629. The second kappa shape index (κ2) is 7.15. The Balaban J connectivity index is 1.97. The van der Waals surface area contributed by atoms with Crippen molar-refractivity contribution in [2.75, 3.05) is 0 Å². The van der Waals surface area contributed by atoms with Crippen molar-refractivity contribution in [3.8, 4) is 0 Å². The van der Waals surface area contributed by atoms with Crippen LogP contribution in [0, 0.1) is 16.7 Å². The third-order valence-electron chi connectivity index (χ3n) is 6.70. The smallest absolute Gasteiger partial charge is 0.310 e. The van der Waals surface area contributed by atoms with Gasteiger partial charge in [0, 0.05) is 0 Å². The summed E-state index contributed by atoms with van der Waals surface area (Å²) in [4.78, 5) is 12.1. The first kappa shape index (κ1) is 16.8. The Morgan fingerprint density at radius 1 is 1.05 bits per heavy atom. The van der Waals surface area contributed by atoms with Crippen LogP contribution < -0.4 is 0 Å². The van der Waals surface area contributed by atoms with Gasteiger partial charge >= 0.3 is 5.97 Å². The number of carboxylic acids is 1. The van der Waals surface area contributed by atoms with E-state index in [0.717, 1.165) is 44.4 Å². The summed E-state index contributed by atoms with van der Waals surface area (Å²) in [5.41, 5.74) is -0.375. The van der Waals surface area contributed by atoms with Gasteiger partial charge in [0.1, 0.15) is 0 Å². The van der Waals surface area contributed by atoms with Crippen LogP contribution in [0.15, 0.2) is 0 Å². The number of rotatable bonds is 6. The fourth-order valence-electron chi connectivity index (χ4n) is 5.00. The third-order valence-corrected chi connectivity index (χ3v) is 6.70. The van der Waals surface area contributed by atoms with Crippen molar-refractivity contribution in [2.45, 2.75) is 97.3 Å². The van der Waals surface area contributed by atoms with E-state index < -0.39 is 11.4 Å². The number of hydrogen-bond acceptors (Lipinski definition) is 1. The number of carbonyl (C=O) groups is 1. The van der Waals surface area contributed by atoms with Crippen LogP contribution in [0.5, 0.6) is 0 Å². The van der Waals surface area contributed by atoms with E-state index in [1.54, 1.807) is 0 Å². The maximum absolute atomic E-state index is 12.1. The lowest BCUT2D eigenvalue weighted by atomic mass is 9.52. The van der Waals surface area contributed by atoms with Crippen LogP contribution in [0.3, 0.4) is 0 Å². The zero-order valence-electron chi connectivity index (χ0n) is 14.1. The fraction of sp³-hybridized carbons (Fsp3) is 0.947. The van der Waals surface area contributed by atoms with E-state index in [0.29, 0.717) is 0 Å². The predicted octanol–water partition coefficient (Wildman–Crippen LogP) is 5.80. The van der Waals surface area contributed by atoms with Gasteiger partial charge in [-0.25, -0.2) is 0 Å². The Kier molecular flexibility index (Phi) is 5.73. The van der Waals surface area contributed by atoms with Gasteiger partial charge in [0.2, 0.25) is 0 Å². The van der Waals surface area contributed by atoms with Gasteiger partial charge in [-0.3, -0.25) is 4.79 Å². The van der Waals surface area contributed by atoms with E-state index in [9.17, 15) is 9.90 Å². The number of carboxylic acid groups (broad SMARTS) is 1. The van der Waals surface area contributed by atoms with E-state index in [4.69, 9.17) is 0 Å². The molecule has 2 nitrogen and oxygen atoms in total. The van der Waals surface area contributed by atoms with Crippen LogP contribution in [0.1, 0.15) is 97.3 Å². The van der Waals surface area contributed by atoms with E-state index in [-0.39, 0.29) is 5.41 Å². The molecule has 2 saturated carbocycles. The van der Waals surface area contributed by atoms with Crippen molar-refractivity contribution in [1.82, 2.24) is 0 Å². The SMILES string of the molecule is CCCCCC1CCC(C)(C2(C(=O)O)CCCCC2)CC1. The summed E-state index contributed by atoms with van der Waals surface area (Å²) in [5, 5.41) is 9.95. The van der Waals surface area contributed by atoms with Crippen LogP contribution in [0.2, 0.25) is 0 Å². The summed E-state index contributed by atoms with van der Waals surface area (Å²) in [6, 6.07) is 0. The van der Waals surface area contributed by atoms with Crippen molar-refractivity contribution in [2.24, 2.45) is 16.7 Å². The van der Waals surface area contributed by atoms with Gasteiger partial charge in [-0.1, -0.05) is 58.8 Å². The summed E-state index contributed by atoms with van der Waals surface area (Å²) in [7, 11) is 0. The summed E-state index contributed by atoms with van der Waals surface area (Å²) < 4.78 is 0. The maximum atomic E-state index is 12.1. The molecule has 2 aliphatic carbocycles. The molecule has 0 aromatic rings. The Morgan fingerprint density at radius 3 is 2.19 bits per heavy atom. The first-order chi connectivity index (χ1) is 10.0. The van der Waals surface area contributed by atoms with Gasteiger partial charge in [-0.05, 0) is 49.9 Å². The molecule has 2 rings (SSSR count). The highest BCUT2D eigenvalue weighted by molar-refractivity contribution is 5.76. The van der Waals surface area contributed by atoms with Crippen molar-refractivity contribution in [1.29, 1.82) is 0 Å². The molecule has 0 heterocycles. The molecule has 0 aliphatic heterocycles. The standard InChI is InChI=1S/C19H34O2/c1-3-4-6-9-16-10-14-18(2,15-11-16)19(17(20)21)12-7-5-8-13-19/h16H,3-15H2,1-2H3,(H,20,21). The Labute approximate surface area is 130 Å².